The van der Waals surface area contributed by atoms with Crippen LogP contribution in [-0.4, -0.2) is 12.5 Å². The van der Waals surface area contributed by atoms with Crippen molar-refractivity contribution in [3.63, 3.8) is 0 Å². The number of rotatable bonds is 3. The van der Waals surface area contributed by atoms with Gasteiger partial charge in [-0.25, -0.2) is 0 Å². The van der Waals surface area contributed by atoms with Gasteiger partial charge in [0.1, 0.15) is 0 Å². The molecule has 0 aliphatic carbocycles. The van der Waals surface area contributed by atoms with E-state index < -0.39 is 11.7 Å². The normalized spacial score (nSPS) is 12.1. The summed E-state index contributed by atoms with van der Waals surface area (Å²) in [7, 11) is 0. The molecule has 0 saturated carbocycles. The van der Waals surface area contributed by atoms with E-state index in [1.54, 1.807) is 6.92 Å². The van der Waals surface area contributed by atoms with E-state index in [-0.39, 0.29) is 24.5 Å². The molecule has 0 heterocycles. The van der Waals surface area contributed by atoms with Crippen LogP contribution in [0.2, 0.25) is 0 Å². The van der Waals surface area contributed by atoms with Gasteiger partial charge in [0.15, 0.2) is 0 Å². The first-order valence-electron chi connectivity index (χ1n) is 5.22. The van der Waals surface area contributed by atoms with Gasteiger partial charge < -0.3 is 4.74 Å². The molecule has 0 aliphatic heterocycles. The Morgan fingerprint density at radius 1 is 1.39 bits per heavy atom. The van der Waals surface area contributed by atoms with E-state index in [1.807, 2.05) is 0 Å². The minimum atomic E-state index is -4.43. The largest absolute Gasteiger partial charge is 0.480 e. The Labute approximate surface area is 103 Å². The van der Waals surface area contributed by atoms with Crippen molar-refractivity contribution in [1.29, 1.82) is 5.26 Å². The summed E-state index contributed by atoms with van der Waals surface area (Å²) in [5, 5.41) is 8.43. The molecule has 1 aromatic carbocycles. The summed E-state index contributed by atoms with van der Waals surface area (Å²) in [6.45, 7) is 1.91. The van der Waals surface area contributed by atoms with Crippen LogP contribution >= 0.6 is 0 Å². The number of alkyl halides is 3. The van der Waals surface area contributed by atoms with E-state index in [0.29, 0.717) is 0 Å². The minimum Gasteiger partial charge on any atom is -0.480 e. The number of nitriles is 1. The van der Waals surface area contributed by atoms with Crippen molar-refractivity contribution in [2.75, 3.05) is 6.61 Å². The molecule has 0 radical (unpaired) electrons. The van der Waals surface area contributed by atoms with Gasteiger partial charge in [-0.05, 0) is 18.6 Å². The third-order valence-electron chi connectivity index (χ3n) is 2.15. The Bertz CT molecular complexity index is 475. The van der Waals surface area contributed by atoms with Crippen molar-refractivity contribution in [3.05, 3.63) is 35.4 Å². The highest BCUT2D eigenvalue weighted by molar-refractivity contribution is 5.80. The van der Waals surface area contributed by atoms with E-state index in [2.05, 4.69) is 4.99 Å². The third kappa shape index (κ3) is 3.77. The van der Waals surface area contributed by atoms with Crippen molar-refractivity contribution in [2.45, 2.75) is 19.5 Å². The molecule has 0 amide bonds. The second-order valence-electron chi connectivity index (χ2n) is 3.37. The summed E-state index contributed by atoms with van der Waals surface area (Å²) >= 11 is 0. The number of halogens is 3. The number of hydrogen-bond acceptors (Lipinski definition) is 3. The maximum atomic E-state index is 12.7. The van der Waals surface area contributed by atoms with Gasteiger partial charge in [0.2, 0.25) is 12.1 Å². The van der Waals surface area contributed by atoms with E-state index in [9.17, 15) is 13.2 Å². The van der Waals surface area contributed by atoms with Crippen LogP contribution < -0.4 is 0 Å². The summed E-state index contributed by atoms with van der Waals surface area (Å²) in [5.41, 5.74) is -0.706. The quantitative estimate of drug-likeness (QED) is 0.473. The Hall–Kier alpha value is -2.03. The van der Waals surface area contributed by atoms with E-state index >= 15 is 0 Å². The first kappa shape index (κ1) is 14.0. The van der Waals surface area contributed by atoms with Crippen LogP contribution in [0.4, 0.5) is 13.2 Å². The van der Waals surface area contributed by atoms with Gasteiger partial charge in [0, 0.05) is 0 Å². The third-order valence-corrected chi connectivity index (χ3v) is 2.15. The van der Waals surface area contributed by atoms with Crippen LogP contribution in [0.1, 0.15) is 18.1 Å². The van der Waals surface area contributed by atoms with Crippen molar-refractivity contribution in [1.82, 2.24) is 0 Å². The molecular weight excluding hydrogens is 245 g/mol. The molecule has 0 aliphatic rings. The van der Waals surface area contributed by atoms with Crippen molar-refractivity contribution < 1.29 is 17.9 Å². The molecule has 0 fully saturated rings. The summed E-state index contributed by atoms with van der Waals surface area (Å²) in [6, 6.07) is 5.15. The summed E-state index contributed by atoms with van der Waals surface area (Å²) in [5.74, 6) is -0.0169. The lowest BCUT2D eigenvalue weighted by Gasteiger charge is -2.13. The second kappa shape index (κ2) is 6.05. The molecule has 1 rings (SSSR count). The average Bonchev–Trinajstić information content (AvgIpc) is 2.29. The highest BCUT2D eigenvalue weighted by Crippen LogP contribution is 2.32. The Morgan fingerprint density at radius 3 is 2.61 bits per heavy atom. The predicted octanol–water partition coefficient (Wildman–Crippen LogP) is 3.16. The van der Waals surface area contributed by atoms with Crippen LogP contribution in [-0.2, 0) is 17.3 Å². The van der Waals surface area contributed by atoms with Gasteiger partial charge in [0.25, 0.3) is 0 Å². The lowest BCUT2D eigenvalue weighted by Crippen LogP contribution is -2.14. The van der Waals surface area contributed by atoms with Gasteiger partial charge in [-0.3, -0.25) is 0 Å². The van der Waals surface area contributed by atoms with Crippen LogP contribution in [0.5, 0.6) is 0 Å². The lowest BCUT2D eigenvalue weighted by molar-refractivity contribution is -0.138. The number of ether oxygens (including phenoxy) is 1. The molecule has 0 unspecified atom stereocenters. The fourth-order valence-corrected chi connectivity index (χ4v) is 1.46. The standard InChI is InChI=1S/C12H11F3N2O/c1-2-18-11(17-8-16)7-9-5-3-4-6-10(9)12(13,14)15/h3-6H,2,7H2,1H3/b17-11+. The molecule has 96 valence electrons. The predicted molar refractivity (Wildman–Crippen MR) is 59.8 cm³/mol. The highest BCUT2D eigenvalue weighted by atomic mass is 19.4. The first-order valence-corrected chi connectivity index (χ1v) is 5.22. The first-order chi connectivity index (χ1) is 8.49. The summed E-state index contributed by atoms with van der Waals surface area (Å²) in [6.07, 6.45) is -3.07. The molecule has 0 atom stereocenters. The van der Waals surface area contributed by atoms with Crippen LogP contribution in [0, 0.1) is 11.5 Å². The monoisotopic (exact) mass is 256 g/mol. The highest BCUT2D eigenvalue weighted by Gasteiger charge is 2.33. The zero-order valence-corrected chi connectivity index (χ0v) is 9.66. The molecule has 0 aromatic heterocycles. The maximum Gasteiger partial charge on any atom is 0.416 e. The zero-order chi connectivity index (χ0) is 13.6. The van der Waals surface area contributed by atoms with E-state index in [1.165, 1.54) is 24.4 Å². The fraction of sp³-hybridized carbons (Fsp3) is 0.333. The van der Waals surface area contributed by atoms with Gasteiger partial charge in [-0.15, -0.1) is 4.99 Å². The Morgan fingerprint density at radius 2 is 2.06 bits per heavy atom. The van der Waals surface area contributed by atoms with Crippen LogP contribution in [0.15, 0.2) is 29.3 Å². The fourth-order valence-electron chi connectivity index (χ4n) is 1.46. The lowest BCUT2D eigenvalue weighted by atomic mass is 10.0. The van der Waals surface area contributed by atoms with Gasteiger partial charge in [-0.2, -0.15) is 18.4 Å². The number of nitrogens with zero attached hydrogens (tertiary/aromatic N) is 2. The minimum absolute atomic E-state index is 0.0169. The molecule has 6 heteroatoms. The molecule has 0 bridgehead atoms. The SMILES string of the molecule is CCO/C(Cc1ccccc1C(F)(F)F)=N/C#N. The molecule has 18 heavy (non-hydrogen) atoms. The van der Waals surface area contributed by atoms with Gasteiger partial charge in [0.05, 0.1) is 18.6 Å². The van der Waals surface area contributed by atoms with Crippen LogP contribution in [0.25, 0.3) is 0 Å². The second-order valence-corrected chi connectivity index (χ2v) is 3.37. The van der Waals surface area contributed by atoms with Crippen molar-refractivity contribution in [3.8, 4) is 6.19 Å². The summed E-state index contributed by atoms with van der Waals surface area (Å²) in [4.78, 5) is 3.36. The van der Waals surface area contributed by atoms with E-state index in [4.69, 9.17) is 10.00 Å². The van der Waals surface area contributed by atoms with Gasteiger partial charge >= 0.3 is 6.18 Å². The van der Waals surface area contributed by atoms with Crippen molar-refractivity contribution >= 4 is 5.90 Å². The number of hydrogen-bond donors (Lipinski definition) is 0. The van der Waals surface area contributed by atoms with Gasteiger partial charge in [-0.1, -0.05) is 18.2 Å². The Kier molecular flexibility index (Phi) is 4.72. The van der Waals surface area contributed by atoms with Crippen LogP contribution in [0.3, 0.4) is 0 Å². The molecule has 1 aromatic rings. The molecule has 0 N–H and O–H groups in total. The average molecular weight is 256 g/mol. The summed E-state index contributed by atoms with van der Waals surface area (Å²) < 4.78 is 43.2. The molecule has 3 nitrogen and oxygen atoms in total. The molecule has 0 spiro atoms. The zero-order valence-electron chi connectivity index (χ0n) is 9.66. The topological polar surface area (TPSA) is 45.4 Å². The maximum absolute atomic E-state index is 12.7. The molecular formula is C12H11F3N2O. The Balaban J connectivity index is 3.04. The van der Waals surface area contributed by atoms with Crippen molar-refractivity contribution in [2.24, 2.45) is 4.99 Å². The smallest absolute Gasteiger partial charge is 0.416 e. The molecule has 0 saturated heterocycles. The number of aliphatic imine (C=N–C) groups is 1. The number of benzene rings is 1. The van der Waals surface area contributed by atoms with E-state index in [0.717, 1.165) is 6.07 Å².